The number of hydrogen-bond donors (Lipinski definition) is 0. The molecule has 0 aromatic heterocycles. The van der Waals surface area contributed by atoms with Crippen molar-refractivity contribution >= 4 is 71.8 Å². The Morgan fingerprint density at radius 1 is 0.390 bits per heavy atom. The van der Waals surface area contributed by atoms with Gasteiger partial charge in [0, 0.05) is 38.8 Å². The van der Waals surface area contributed by atoms with Gasteiger partial charge in [0.05, 0.1) is 16.1 Å². The van der Waals surface area contributed by atoms with E-state index in [2.05, 4.69) is 233 Å². The van der Waals surface area contributed by atoms with Gasteiger partial charge in [0.1, 0.15) is 0 Å². The van der Waals surface area contributed by atoms with Crippen molar-refractivity contribution < 1.29 is 0 Å². The first kappa shape index (κ1) is 38.8. The van der Waals surface area contributed by atoms with Gasteiger partial charge in [-0.15, -0.1) is 0 Å². The van der Waals surface area contributed by atoms with Crippen LogP contribution in [0.2, 0.25) is 39.3 Å². The Hall–Kier alpha value is -5.69. The molecule has 1 aliphatic rings. The molecule has 8 aromatic carbocycles. The molecular weight excluding hydrogens is 745 g/mol. The highest BCUT2D eigenvalue weighted by molar-refractivity contribution is 7.00. The fraction of sp³-hybridized carbons (Fsp3) is 0.200. The van der Waals surface area contributed by atoms with E-state index in [4.69, 9.17) is 0 Å². The van der Waals surface area contributed by atoms with Gasteiger partial charge >= 0.3 is 0 Å². The van der Waals surface area contributed by atoms with Gasteiger partial charge in [-0.3, -0.25) is 0 Å². The number of fused-ring (bicyclic) bond motifs is 6. The van der Waals surface area contributed by atoms with Crippen molar-refractivity contribution in [2.75, 3.05) is 9.80 Å². The van der Waals surface area contributed by atoms with Gasteiger partial charge < -0.3 is 9.80 Å². The highest BCUT2D eigenvalue weighted by Gasteiger charge is 2.59. The molecule has 2 nitrogen and oxygen atoms in total. The third-order valence-corrected chi connectivity index (χ3v) is 23.1. The van der Waals surface area contributed by atoms with Crippen molar-refractivity contribution in [2.45, 2.75) is 70.6 Å². The van der Waals surface area contributed by atoms with E-state index >= 15 is 0 Å². The molecule has 0 saturated carbocycles. The number of aryl methyl sites for hydroxylation is 2. The maximum absolute atomic E-state index is 2.63. The van der Waals surface area contributed by atoms with Crippen LogP contribution in [-0.2, 0) is 17.5 Å². The zero-order chi connectivity index (χ0) is 41.1. The van der Waals surface area contributed by atoms with Crippen molar-refractivity contribution in [1.29, 1.82) is 0 Å². The minimum Gasteiger partial charge on any atom is -0.310 e. The maximum Gasteiger partial charge on any atom is 0.0579 e. The molecule has 294 valence electrons. The van der Waals surface area contributed by atoms with E-state index in [9.17, 15) is 0 Å². The zero-order valence-electron chi connectivity index (χ0n) is 36.0. The topological polar surface area (TPSA) is 6.48 Å². The average molecular weight is 801 g/mol. The van der Waals surface area contributed by atoms with Gasteiger partial charge in [-0.05, 0) is 147 Å². The molecule has 0 spiro atoms. The quantitative estimate of drug-likeness (QED) is 0.127. The maximum atomic E-state index is 2.63. The van der Waals surface area contributed by atoms with E-state index in [1.54, 1.807) is 11.1 Å². The van der Waals surface area contributed by atoms with Gasteiger partial charge in [0.2, 0.25) is 0 Å². The molecule has 1 aliphatic carbocycles. The Morgan fingerprint density at radius 3 is 1.32 bits per heavy atom. The summed E-state index contributed by atoms with van der Waals surface area (Å²) in [6.07, 6.45) is 2.06. The summed E-state index contributed by atoms with van der Waals surface area (Å²) in [5.74, 6) is 0. The summed E-state index contributed by atoms with van der Waals surface area (Å²) in [7, 11) is -3.95. The van der Waals surface area contributed by atoms with Crippen LogP contribution in [0.3, 0.4) is 0 Å². The Balaban J connectivity index is 1.24. The molecule has 0 N–H and O–H groups in total. The molecule has 8 aromatic rings. The third-order valence-electron chi connectivity index (χ3n) is 13.0. The lowest BCUT2D eigenvalue weighted by Gasteiger charge is -2.51. The number of rotatable bonds is 10. The minimum atomic E-state index is -1.98. The highest BCUT2D eigenvalue weighted by atomic mass is 28.4. The number of para-hydroxylation sites is 2. The van der Waals surface area contributed by atoms with Crippen LogP contribution < -0.4 is 9.80 Å². The van der Waals surface area contributed by atoms with Crippen LogP contribution >= 0.6 is 0 Å². The summed E-state index contributed by atoms with van der Waals surface area (Å²) < 4.78 is -0.0138. The Morgan fingerprint density at radius 2 is 0.831 bits per heavy atom. The molecular formula is C55H56N2Si2. The lowest BCUT2D eigenvalue weighted by molar-refractivity contribution is 0.964. The van der Waals surface area contributed by atoms with E-state index in [-0.39, 0.29) is 4.66 Å². The predicted octanol–water partition coefficient (Wildman–Crippen LogP) is 16.1. The average Bonchev–Trinajstić information content (AvgIpc) is 3.55. The predicted molar refractivity (Wildman–Crippen MR) is 262 cm³/mol. The highest BCUT2D eigenvalue weighted by Crippen LogP contribution is 2.60. The lowest BCUT2D eigenvalue weighted by atomic mass is 9.97. The summed E-state index contributed by atoms with van der Waals surface area (Å²) in [6, 6.07) is 64.1. The van der Waals surface area contributed by atoms with Gasteiger partial charge in [-0.25, -0.2) is 0 Å². The van der Waals surface area contributed by atoms with Crippen LogP contribution in [0.1, 0.15) is 36.1 Å². The van der Waals surface area contributed by atoms with Gasteiger partial charge in [0.25, 0.3) is 0 Å². The fourth-order valence-corrected chi connectivity index (χ4v) is 23.7. The zero-order valence-corrected chi connectivity index (χ0v) is 38.0. The summed E-state index contributed by atoms with van der Waals surface area (Å²) in [6.45, 7) is 20.2. The number of nitrogens with zero attached hydrogens (tertiary/aromatic N) is 2. The van der Waals surface area contributed by atoms with Crippen LogP contribution in [0.4, 0.5) is 34.1 Å². The molecule has 0 fully saturated rings. The van der Waals surface area contributed by atoms with Crippen molar-refractivity contribution in [2.24, 2.45) is 0 Å². The monoisotopic (exact) mass is 800 g/mol. The van der Waals surface area contributed by atoms with E-state index in [0.29, 0.717) is 0 Å². The second kappa shape index (κ2) is 14.8. The van der Waals surface area contributed by atoms with E-state index in [1.165, 1.54) is 66.5 Å². The van der Waals surface area contributed by atoms with Gasteiger partial charge in [-0.2, -0.15) is 0 Å². The van der Waals surface area contributed by atoms with Gasteiger partial charge in [0.15, 0.2) is 0 Å². The lowest BCUT2D eigenvalue weighted by Crippen LogP contribution is -2.63. The molecule has 0 atom stereocenters. The minimum absolute atomic E-state index is 0.0138. The fourth-order valence-electron chi connectivity index (χ4n) is 10.7. The van der Waals surface area contributed by atoms with E-state index < -0.39 is 16.1 Å². The summed E-state index contributed by atoms with van der Waals surface area (Å²) in [5.41, 5.74) is 15.7. The standard InChI is InChI=1S/C55H56N2Si2/c1-9-39-21-27-46(28-22-39)56(44-17-13-11-14-18-44)48-31-25-41-37-52-51-33-26-42-35-49(57(45-19-15-12-16-20-45)47-29-23-40(10-2)24-30-47)32-34-50(42)54(51)55(58(3,4)5,59(6,7)8)53(52)38-43(41)36-48/h11-38H,9-10H2,1-8H3. The van der Waals surface area contributed by atoms with Crippen LogP contribution in [0, 0.1) is 0 Å². The third kappa shape index (κ3) is 6.45. The van der Waals surface area contributed by atoms with Crippen LogP contribution in [0.5, 0.6) is 0 Å². The van der Waals surface area contributed by atoms with Crippen LogP contribution in [0.25, 0.3) is 32.7 Å². The van der Waals surface area contributed by atoms with E-state index in [1.807, 2.05) is 0 Å². The molecule has 0 radical (unpaired) electrons. The molecule has 59 heavy (non-hydrogen) atoms. The largest absolute Gasteiger partial charge is 0.310 e. The SMILES string of the molecule is CCc1ccc(N(c2ccccc2)c2ccc3cc4c(cc3c2)C([Si](C)(C)C)([Si](C)(C)C)c2c-4ccc3cc(N(c4ccccc4)c4ccc(CC)cc4)ccc23)cc1. The molecule has 4 heteroatoms. The first-order chi connectivity index (χ1) is 28.4. The Labute approximate surface area is 353 Å². The normalized spacial score (nSPS) is 13.4. The molecule has 0 aliphatic heterocycles. The number of hydrogen-bond acceptors (Lipinski definition) is 2. The number of benzene rings is 8. The van der Waals surface area contributed by atoms with Crippen molar-refractivity contribution in [3.8, 4) is 11.1 Å². The van der Waals surface area contributed by atoms with Crippen molar-refractivity contribution in [1.82, 2.24) is 0 Å². The van der Waals surface area contributed by atoms with Crippen molar-refractivity contribution in [3.05, 3.63) is 192 Å². The van der Waals surface area contributed by atoms with Crippen molar-refractivity contribution in [3.63, 3.8) is 0 Å². The molecule has 0 amide bonds. The molecule has 9 rings (SSSR count). The first-order valence-corrected chi connectivity index (χ1v) is 28.5. The summed E-state index contributed by atoms with van der Waals surface area (Å²) in [4.78, 5) is 4.82. The van der Waals surface area contributed by atoms with Crippen LogP contribution in [0.15, 0.2) is 170 Å². The Kier molecular flexibility index (Phi) is 9.77. The smallest absolute Gasteiger partial charge is 0.0579 e. The van der Waals surface area contributed by atoms with E-state index in [0.717, 1.165) is 24.2 Å². The van der Waals surface area contributed by atoms with Crippen LogP contribution in [-0.4, -0.2) is 16.1 Å². The summed E-state index contributed by atoms with van der Waals surface area (Å²) in [5, 5.41) is 5.30. The molecule has 0 bridgehead atoms. The van der Waals surface area contributed by atoms with Gasteiger partial charge in [-0.1, -0.05) is 144 Å². The second-order valence-electron chi connectivity index (χ2n) is 18.5. The first-order valence-electron chi connectivity index (χ1n) is 21.5. The second-order valence-corrected chi connectivity index (χ2v) is 29.5. The molecule has 0 unspecified atom stereocenters. The Bertz CT molecular complexity index is 2780. The number of anilines is 6. The summed E-state index contributed by atoms with van der Waals surface area (Å²) >= 11 is 0. The molecule has 0 saturated heterocycles. The molecule has 0 heterocycles.